The molecule has 22 heavy (non-hydrogen) atoms. The first-order chi connectivity index (χ1) is 10.6. The fourth-order valence-electron chi connectivity index (χ4n) is 2.90. The minimum Gasteiger partial charge on any atom is -0.394 e. The molecule has 0 bridgehead atoms. The van der Waals surface area contributed by atoms with Gasteiger partial charge in [-0.2, -0.15) is 0 Å². The maximum Gasteiger partial charge on any atom is 0.337 e. The van der Waals surface area contributed by atoms with Crippen LogP contribution in [0.2, 0.25) is 12.1 Å². The summed E-state index contributed by atoms with van der Waals surface area (Å²) in [6.07, 6.45) is 13.4. The summed E-state index contributed by atoms with van der Waals surface area (Å²) in [5.74, 6) is 0. The van der Waals surface area contributed by atoms with Crippen molar-refractivity contribution < 1.29 is 8.85 Å². The Bertz CT molecular complexity index is 229. The summed E-state index contributed by atoms with van der Waals surface area (Å²) in [4.78, 5) is 0. The van der Waals surface area contributed by atoms with E-state index in [1.54, 1.807) is 0 Å². The summed E-state index contributed by atoms with van der Waals surface area (Å²) in [6, 6.07) is 2.16. The molecule has 1 atom stereocenters. The molecule has 0 aromatic carbocycles. The second-order valence-corrected chi connectivity index (χ2v) is 10.4. The lowest BCUT2D eigenvalue weighted by molar-refractivity contribution is 0.114. The zero-order valence-corrected chi connectivity index (χ0v) is 17.1. The Morgan fingerprint density at radius 1 is 0.727 bits per heavy atom. The Morgan fingerprint density at radius 2 is 1.27 bits per heavy atom. The molecule has 0 rings (SSSR count). The minimum atomic E-state index is -1.94. The molecule has 0 saturated carbocycles. The molecule has 1 unspecified atom stereocenters. The van der Waals surface area contributed by atoms with Crippen LogP contribution >= 0.6 is 0 Å². The molecular formula is C19H42O2Si. The van der Waals surface area contributed by atoms with Gasteiger partial charge in [-0.25, -0.2) is 0 Å². The molecule has 0 amide bonds. The molecule has 0 radical (unpaired) electrons. The second kappa shape index (κ2) is 14.7. The van der Waals surface area contributed by atoms with Crippen molar-refractivity contribution in [2.24, 2.45) is 0 Å². The van der Waals surface area contributed by atoms with E-state index in [0.717, 1.165) is 18.7 Å². The molecule has 3 heteroatoms. The van der Waals surface area contributed by atoms with E-state index in [1.807, 2.05) is 0 Å². The van der Waals surface area contributed by atoms with Gasteiger partial charge in [-0.05, 0) is 31.9 Å². The van der Waals surface area contributed by atoms with E-state index < -0.39 is 8.56 Å². The molecule has 0 heterocycles. The Balaban J connectivity index is 3.97. The molecule has 0 aliphatic carbocycles. The van der Waals surface area contributed by atoms with Crippen molar-refractivity contribution in [3.8, 4) is 0 Å². The Morgan fingerprint density at radius 3 is 1.86 bits per heavy atom. The highest BCUT2D eigenvalue weighted by Crippen LogP contribution is 2.23. The van der Waals surface area contributed by atoms with Crippen LogP contribution in [0, 0.1) is 0 Å². The van der Waals surface area contributed by atoms with Gasteiger partial charge < -0.3 is 8.85 Å². The highest BCUT2D eigenvalue weighted by atomic mass is 28.4. The van der Waals surface area contributed by atoms with Crippen molar-refractivity contribution in [1.29, 1.82) is 0 Å². The SMILES string of the molecule is CCCCCCCCC(C)O[Si](CC)(CC)OCCCCC. The summed E-state index contributed by atoms with van der Waals surface area (Å²) >= 11 is 0. The summed E-state index contributed by atoms with van der Waals surface area (Å²) in [5.41, 5.74) is 0. The van der Waals surface area contributed by atoms with Gasteiger partial charge in [0, 0.05) is 12.7 Å². The third kappa shape index (κ3) is 10.8. The zero-order chi connectivity index (χ0) is 16.7. The monoisotopic (exact) mass is 330 g/mol. The maximum absolute atomic E-state index is 6.46. The minimum absolute atomic E-state index is 0.365. The maximum atomic E-state index is 6.46. The predicted molar refractivity (Wildman–Crippen MR) is 101 cm³/mol. The van der Waals surface area contributed by atoms with Crippen LogP contribution in [0.5, 0.6) is 0 Å². The first kappa shape index (κ1) is 22.1. The van der Waals surface area contributed by atoms with E-state index in [0.29, 0.717) is 6.10 Å². The third-order valence-corrected chi connectivity index (χ3v) is 8.29. The molecular weight excluding hydrogens is 288 g/mol. The lowest BCUT2D eigenvalue weighted by Crippen LogP contribution is -2.43. The van der Waals surface area contributed by atoms with E-state index in [2.05, 4.69) is 34.6 Å². The van der Waals surface area contributed by atoms with E-state index in [9.17, 15) is 0 Å². The van der Waals surface area contributed by atoms with Gasteiger partial charge in [0.1, 0.15) is 0 Å². The average molecular weight is 331 g/mol. The molecule has 0 aliphatic rings. The van der Waals surface area contributed by atoms with Crippen LogP contribution in [0.25, 0.3) is 0 Å². The van der Waals surface area contributed by atoms with Gasteiger partial charge in [0.2, 0.25) is 0 Å². The fourth-order valence-corrected chi connectivity index (χ4v) is 5.58. The summed E-state index contributed by atoms with van der Waals surface area (Å²) in [5, 5.41) is 0. The van der Waals surface area contributed by atoms with Gasteiger partial charge in [0.15, 0.2) is 0 Å². The van der Waals surface area contributed by atoms with E-state index in [-0.39, 0.29) is 0 Å². The summed E-state index contributed by atoms with van der Waals surface area (Å²) < 4.78 is 12.7. The number of hydrogen-bond donors (Lipinski definition) is 0. The summed E-state index contributed by atoms with van der Waals surface area (Å²) in [6.45, 7) is 12.1. The lowest BCUT2D eigenvalue weighted by Gasteiger charge is -2.32. The molecule has 0 saturated heterocycles. The van der Waals surface area contributed by atoms with Gasteiger partial charge in [0.25, 0.3) is 0 Å². The zero-order valence-electron chi connectivity index (χ0n) is 16.1. The standard InChI is InChI=1S/C19H42O2Si/c1-6-10-12-13-14-15-17-19(5)21-22(8-3,9-4)20-18-16-11-7-2/h19H,6-18H2,1-5H3. The largest absolute Gasteiger partial charge is 0.394 e. The lowest BCUT2D eigenvalue weighted by atomic mass is 10.1. The number of rotatable bonds is 16. The molecule has 0 fully saturated rings. The molecule has 134 valence electrons. The quantitative estimate of drug-likeness (QED) is 0.228. The van der Waals surface area contributed by atoms with Gasteiger partial charge >= 0.3 is 8.56 Å². The van der Waals surface area contributed by atoms with Crippen LogP contribution < -0.4 is 0 Å². The van der Waals surface area contributed by atoms with Crippen molar-refractivity contribution in [2.45, 2.75) is 117 Å². The van der Waals surface area contributed by atoms with Crippen LogP contribution in [-0.4, -0.2) is 21.3 Å². The van der Waals surface area contributed by atoms with E-state index in [1.165, 1.54) is 64.2 Å². The average Bonchev–Trinajstić information content (AvgIpc) is 2.53. The van der Waals surface area contributed by atoms with Gasteiger partial charge in [-0.15, -0.1) is 0 Å². The molecule has 0 N–H and O–H groups in total. The topological polar surface area (TPSA) is 18.5 Å². The Labute approximate surface area is 141 Å². The van der Waals surface area contributed by atoms with Crippen molar-refractivity contribution in [2.75, 3.05) is 6.61 Å². The van der Waals surface area contributed by atoms with Crippen molar-refractivity contribution in [1.82, 2.24) is 0 Å². The van der Waals surface area contributed by atoms with Crippen molar-refractivity contribution in [3.63, 3.8) is 0 Å². The van der Waals surface area contributed by atoms with Crippen molar-refractivity contribution in [3.05, 3.63) is 0 Å². The van der Waals surface area contributed by atoms with Crippen molar-refractivity contribution >= 4 is 8.56 Å². The normalized spacial score (nSPS) is 13.5. The third-order valence-electron chi connectivity index (χ3n) is 4.57. The van der Waals surface area contributed by atoms with Crippen LogP contribution in [0.15, 0.2) is 0 Å². The van der Waals surface area contributed by atoms with Gasteiger partial charge in [-0.3, -0.25) is 0 Å². The highest BCUT2D eigenvalue weighted by Gasteiger charge is 2.35. The van der Waals surface area contributed by atoms with Gasteiger partial charge in [-0.1, -0.05) is 79.1 Å². The molecule has 0 aromatic heterocycles. The van der Waals surface area contributed by atoms with E-state index in [4.69, 9.17) is 8.85 Å². The van der Waals surface area contributed by atoms with Crippen LogP contribution in [0.1, 0.15) is 98.8 Å². The first-order valence-electron chi connectivity index (χ1n) is 9.95. The second-order valence-electron chi connectivity index (χ2n) is 6.66. The highest BCUT2D eigenvalue weighted by molar-refractivity contribution is 6.67. The van der Waals surface area contributed by atoms with Crippen LogP contribution in [0.3, 0.4) is 0 Å². The van der Waals surface area contributed by atoms with Crippen LogP contribution in [0.4, 0.5) is 0 Å². The smallest absolute Gasteiger partial charge is 0.337 e. The molecule has 0 aliphatic heterocycles. The number of hydrogen-bond acceptors (Lipinski definition) is 2. The predicted octanol–water partition coefficient (Wildman–Crippen LogP) is 6.83. The molecule has 0 spiro atoms. The number of unbranched alkanes of at least 4 members (excludes halogenated alkanes) is 7. The molecule has 0 aromatic rings. The Hall–Kier alpha value is 0.137. The van der Waals surface area contributed by atoms with Gasteiger partial charge in [0.05, 0.1) is 0 Å². The summed E-state index contributed by atoms with van der Waals surface area (Å²) in [7, 11) is -1.94. The first-order valence-corrected chi connectivity index (χ1v) is 12.2. The van der Waals surface area contributed by atoms with Crippen LogP contribution in [-0.2, 0) is 8.85 Å². The van der Waals surface area contributed by atoms with E-state index >= 15 is 0 Å². The molecule has 2 nitrogen and oxygen atoms in total. The fraction of sp³-hybridized carbons (Fsp3) is 1.00. The Kier molecular flexibility index (Phi) is 14.8.